The third kappa shape index (κ3) is 3.98. The monoisotopic (exact) mass is 416 g/mol. The molecule has 0 aliphatic rings. The number of hydrogen-bond donors (Lipinski definition) is 0. The van der Waals surface area contributed by atoms with Crippen LogP contribution in [0.3, 0.4) is 0 Å². The van der Waals surface area contributed by atoms with Gasteiger partial charge in [-0.1, -0.05) is 12.1 Å². The van der Waals surface area contributed by atoms with Crippen molar-refractivity contribution in [2.45, 2.75) is 13.3 Å². The Kier molecular flexibility index (Phi) is 5.17. The number of benzene rings is 2. The van der Waals surface area contributed by atoms with Gasteiger partial charge < -0.3 is 4.40 Å². The summed E-state index contributed by atoms with van der Waals surface area (Å²) in [6, 6.07) is 16.8. The van der Waals surface area contributed by atoms with Crippen molar-refractivity contribution < 1.29 is 18.9 Å². The van der Waals surface area contributed by atoms with Crippen LogP contribution in [-0.4, -0.2) is 20.9 Å². The summed E-state index contributed by atoms with van der Waals surface area (Å²) >= 11 is 0. The van der Waals surface area contributed by atoms with Crippen molar-refractivity contribution in [3.8, 4) is 0 Å². The SMILES string of the molecule is CC(=O)c1cc(C(=O)c2ccc(F)cc2)n2ccc(Cc3ccc([N+](=O)[O-])cc3)cc12. The van der Waals surface area contributed by atoms with E-state index < -0.39 is 10.7 Å². The minimum absolute atomic E-state index is 0.0219. The zero-order valence-electron chi connectivity index (χ0n) is 16.5. The molecule has 0 fully saturated rings. The summed E-state index contributed by atoms with van der Waals surface area (Å²) in [4.78, 5) is 35.5. The number of non-ortho nitro benzene ring substituents is 1. The summed E-state index contributed by atoms with van der Waals surface area (Å²) in [6.07, 6.45) is 2.23. The van der Waals surface area contributed by atoms with Gasteiger partial charge in [-0.3, -0.25) is 19.7 Å². The lowest BCUT2D eigenvalue weighted by molar-refractivity contribution is -0.384. The molecule has 154 valence electrons. The molecule has 0 N–H and O–H groups in total. The molecule has 0 bridgehead atoms. The van der Waals surface area contributed by atoms with Crippen LogP contribution in [0.15, 0.2) is 72.9 Å². The van der Waals surface area contributed by atoms with Gasteiger partial charge in [0.25, 0.3) is 5.69 Å². The summed E-state index contributed by atoms with van der Waals surface area (Å²) in [7, 11) is 0. The number of halogens is 1. The van der Waals surface area contributed by atoms with Crippen LogP contribution in [0.1, 0.15) is 44.5 Å². The molecular formula is C24H17FN2O4. The third-order valence-corrected chi connectivity index (χ3v) is 5.11. The molecule has 4 aromatic rings. The first-order valence-electron chi connectivity index (χ1n) is 9.52. The molecule has 0 aliphatic heterocycles. The average molecular weight is 416 g/mol. The molecule has 6 nitrogen and oxygen atoms in total. The fraction of sp³-hybridized carbons (Fsp3) is 0.0833. The van der Waals surface area contributed by atoms with Gasteiger partial charge in [0.1, 0.15) is 5.82 Å². The number of ketones is 2. The van der Waals surface area contributed by atoms with Gasteiger partial charge in [0.15, 0.2) is 5.78 Å². The second-order valence-electron chi connectivity index (χ2n) is 7.23. The highest BCUT2D eigenvalue weighted by molar-refractivity contribution is 6.12. The number of rotatable bonds is 6. The number of carbonyl (C=O) groups is 2. The molecule has 0 unspecified atom stereocenters. The van der Waals surface area contributed by atoms with Crippen LogP contribution in [0.4, 0.5) is 10.1 Å². The Hall–Kier alpha value is -4.13. The van der Waals surface area contributed by atoms with Crippen LogP contribution < -0.4 is 0 Å². The number of aromatic nitrogens is 1. The molecule has 0 saturated carbocycles. The standard InChI is InChI=1S/C24H17FN2O4/c1-15(28)21-14-23(24(29)18-4-6-19(25)7-5-18)26-11-10-17(13-22(21)26)12-16-2-8-20(9-3-16)27(30)31/h2-11,13-14H,12H2,1H3. The number of nitro groups is 1. The van der Waals surface area contributed by atoms with E-state index >= 15 is 0 Å². The second-order valence-corrected chi connectivity index (χ2v) is 7.23. The largest absolute Gasteiger partial charge is 0.313 e. The second kappa shape index (κ2) is 7.95. The molecule has 7 heteroatoms. The van der Waals surface area contributed by atoms with Gasteiger partial charge in [0.05, 0.1) is 16.1 Å². The van der Waals surface area contributed by atoms with Crippen LogP contribution in [-0.2, 0) is 6.42 Å². The number of nitro benzene ring substituents is 1. The molecule has 31 heavy (non-hydrogen) atoms. The molecule has 2 heterocycles. The van der Waals surface area contributed by atoms with E-state index in [-0.39, 0.29) is 17.3 Å². The lowest BCUT2D eigenvalue weighted by atomic mass is 10.0. The molecule has 2 aromatic carbocycles. The van der Waals surface area contributed by atoms with Gasteiger partial charge >= 0.3 is 0 Å². The molecule has 0 amide bonds. The Labute approximate surface area is 176 Å². The minimum atomic E-state index is -0.449. The molecular weight excluding hydrogens is 399 g/mol. The summed E-state index contributed by atoms with van der Waals surface area (Å²) in [6.45, 7) is 1.44. The smallest absolute Gasteiger partial charge is 0.269 e. The van der Waals surface area contributed by atoms with E-state index in [9.17, 15) is 24.1 Å². The van der Waals surface area contributed by atoms with Gasteiger partial charge in [-0.25, -0.2) is 4.39 Å². The predicted octanol–water partition coefficient (Wildman–Crippen LogP) is 5.01. The van der Waals surface area contributed by atoms with Gasteiger partial charge in [0, 0.05) is 29.5 Å². The maximum Gasteiger partial charge on any atom is 0.269 e. The third-order valence-electron chi connectivity index (χ3n) is 5.11. The van der Waals surface area contributed by atoms with E-state index in [0.717, 1.165) is 11.1 Å². The van der Waals surface area contributed by atoms with Crippen molar-refractivity contribution in [1.29, 1.82) is 0 Å². The molecule has 2 aromatic heterocycles. The van der Waals surface area contributed by atoms with Crippen molar-refractivity contribution in [3.63, 3.8) is 0 Å². The van der Waals surface area contributed by atoms with Gasteiger partial charge in [0.2, 0.25) is 5.78 Å². The first-order valence-corrected chi connectivity index (χ1v) is 9.52. The Morgan fingerprint density at radius 1 is 0.968 bits per heavy atom. The maximum absolute atomic E-state index is 13.2. The van der Waals surface area contributed by atoms with E-state index in [1.165, 1.54) is 43.3 Å². The highest BCUT2D eigenvalue weighted by Gasteiger charge is 2.19. The minimum Gasteiger partial charge on any atom is -0.313 e. The van der Waals surface area contributed by atoms with Crippen LogP contribution in [0.2, 0.25) is 0 Å². The van der Waals surface area contributed by atoms with E-state index in [1.54, 1.807) is 28.8 Å². The van der Waals surface area contributed by atoms with Crippen molar-refractivity contribution in [3.05, 3.63) is 117 Å². The molecule has 0 saturated heterocycles. The number of carbonyl (C=O) groups excluding carboxylic acids is 2. The fourth-order valence-electron chi connectivity index (χ4n) is 3.53. The number of hydrogen-bond acceptors (Lipinski definition) is 4. The fourth-order valence-corrected chi connectivity index (χ4v) is 3.53. The lowest BCUT2D eigenvalue weighted by Crippen LogP contribution is -2.05. The summed E-state index contributed by atoms with van der Waals surface area (Å²) in [5, 5.41) is 10.8. The Morgan fingerprint density at radius 3 is 2.26 bits per heavy atom. The highest BCUT2D eigenvalue weighted by atomic mass is 19.1. The van der Waals surface area contributed by atoms with Gasteiger partial charge in [-0.2, -0.15) is 0 Å². The summed E-state index contributed by atoms with van der Waals surface area (Å²) < 4.78 is 14.9. The molecule has 0 aliphatic carbocycles. The van der Waals surface area contributed by atoms with E-state index in [1.807, 2.05) is 12.1 Å². The van der Waals surface area contributed by atoms with Crippen LogP contribution in [0.25, 0.3) is 5.52 Å². The van der Waals surface area contributed by atoms with Crippen LogP contribution in [0.5, 0.6) is 0 Å². The van der Waals surface area contributed by atoms with Crippen molar-refractivity contribution in [1.82, 2.24) is 4.40 Å². The van der Waals surface area contributed by atoms with Crippen LogP contribution >= 0.6 is 0 Å². The highest BCUT2D eigenvalue weighted by Crippen LogP contribution is 2.23. The van der Waals surface area contributed by atoms with E-state index in [4.69, 9.17) is 0 Å². The van der Waals surface area contributed by atoms with Crippen molar-refractivity contribution in [2.24, 2.45) is 0 Å². The van der Waals surface area contributed by atoms with E-state index in [2.05, 4.69) is 0 Å². The summed E-state index contributed by atoms with van der Waals surface area (Å²) in [5.41, 5.74) is 3.44. The Bertz CT molecular complexity index is 1320. The molecule has 0 radical (unpaired) electrons. The quantitative estimate of drug-likeness (QED) is 0.251. The normalized spacial score (nSPS) is 10.9. The number of nitrogens with zero attached hydrogens (tertiary/aromatic N) is 2. The zero-order valence-corrected chi connectivity index (χ0v) is 16.5. The Balaban J connectivity index is 1.72. The van der Waals surface area contributed by atoms with Gasteiger partial charge in [-0.15, -0.1) is 0 Å². The number of Topliss-reactive ketones (excluding diaryl/α,β-unsaturated/α-hetero) is 1. The lowest BCUT2D eigenvalue weighted by Gasteiger charge is -2.07. The first-order chi connectivity index (χ1) is 14.8. The molecule has 4 rings (SSSR count). The Morgan fingerprint density at radius 2 is 1.65 bits per heavy atom. The van der Waals surface area contributed by atoms with Crippen molar-refractivity contribution in [2.75, 3.05) is 0 Å². The number of pyridine rings is 1. The van der Waals surface area contributed by atoms with E-state index in [0.29, 0.717) is 28.8 Å². The first kappa shape index (κ1) is 20.2. The zero-order chi connectivity index (χ0) is 22.1. The molecule has 0 spiro atoms. The van der Waals surface area contributed by atoms with Crippen LogP contribution in [0, 0.1) is 15.9 Å². The summed E-state index contributed by atoms with van der Waals surface area (Å²) in [5.74, 6) is -0.925. The predicted molar refractivity (Wildman–Crippen MR) is 113 cm³/mol. The van der Waals surface area contributed by atoms with Gasteiger partial charge in [-0.05, 0) is 66.9 Å². The van der Waals surface area contributed by atoms with Crippen molar-refractivity contribution >= 4 is 22.8 Å². The molecule has 0 atom stereocenters. The number of fused-ring (bicyclic) bond motifs is 1. The topological polar surface area (TPSA) is 81.7 Å². The maximum atomic E-state index is 13.2. The average Bonchev–Trinajstić information content (AvgIpc) is 3.13.